The van der Waals surface area contributed by atoms with Crippen LogP contribution >= 0.6 is 0 Å². The van der Waals surface area contributed by atoms with Gasteiger partial charge in [0.25, 0.3) is 0 Å². The summed E-state index contributed by atoms with van der Waals surface area (Å²) in [5, 5.41) is 13.6. The van der Waals surface area contributed by atoms with Gasteiger partial charge in [-0.05, 0) is 25.9 Å². The minimum absolute atomic E-state index is 0.200. The lowest BCUT2D eigenvalue weighted by atomic mass is 9.93. The van der Waals surface area contributed by atoms with Crippen molar-refractivity contribution in [2.75, 3.05) is 39.4 Å². The summed E-state index contributed by atoms with van der Waals surface area (Å²) in [5.74, 6) is 0. The topological polar surface area (TPSA) is 44.7 Å². The van der Waals surface area contributed by atoms with Crippen molar-refractivity contribution in [3.8, 4) is 0 Å². The van der Waals surface area contributed by atoms with Crippen LogP contribution in [-0.2, 0) is 4.74 Å². The van der Waals surface area contributed by atoms with Crippen molar-refractivity contribution in [1.29, 1.82) is 0 Å². The lowest BCUT2D eigenvalue weighted by molar-refractivity contribution is -0.148. The number of hydrogen-bond acceptors (Lipinski definition) is 4. The molecular formula is C13H23F3N2O2. The van der Waals surface area contributed by atoms with Crippen molar-refractivity contribution in [2.45, 2.75) is 43.5 Å². The van der Waals surface area contributed by atoms with Crippen molar-refractivity contribution < 1.29 is 23.0 Å². The normalized spacial score (nSPS) is 25.8. The molecule has 2 saturated heterocycles. The molecule has 0 atom stereocenters. The van der Waals surface area contributed by atoms with Gasteiger partial charge in [-0.15, -0.1) is 0 Å². The van der Waals surface area contributed by atoms with Crippen LogP contribution in [-0.4, -0.2) is 67.2 Å². The van der Waals surface area contributed by atoms with Gasteiger partial charge >= 0.3 is 6.18 Å². The monoisotopic (exact) mass is 296 g/mol. The Kier molecular flexibility index (Phi) is 5.28. The number of nitrogens with zero attached hydrogens (tertiary/aromatic N) is 1. The number of nitrogens with one attached hydrogen (secondary N) is 1. The molecule has 0 radical (unpaired) electrons. The van der Waals surface area contributed by atoms with E-state index >= 15 is 0 Å². The summed E-state index contributed by atoms with van der Waals surface area (Å²) in [5.41, 5.74) is -0.721. The van der Waals surface area contributed by atoms with Crippen LogP contribution in [0.5, 0.6) is 0 Å². The molecule has 4 nitrogen and oxygen atoms in total. The predicted molar refractivity (Wildman–Crippen MR) is 68.5 cm³/mol. The van der Waals surface area contributed by atoms with Crippen molar-refractivity contribution in [2.24, 2.45) is 0 Å². The average molecular weight is 296 g/mol. The molecule has 0 aromatic carbocycles. The number of alkyl halides is 3. The smallest absolute Gasteiger partial charge is 0.388 e. The second-order valence-corrected chi connectivity index (χ2v) is 5.88. The summed E-state index contributed by atoms with van der Waals surface area (Å²) >= 11 is 0. The molecule has 0 spiro atoms. The lowest BCUT2D eigenvalue weighted by Crippen LogP contribution is -2.51. The van der Waals surface area contributed by atoms with Crippen LogP contribution in [0.25, 0.3) is 0 Å². The second-order valence-electron chi connectivity index (χ2n) is 5.88. The van der Waals surface area contributed by atoms with Crippen LogP contribution in [0.1, 0.15) is 25.7 Å². The van der Waals surface area contributed by atoms with E-state index in [1.807, 2.05) is 0 Å². The molecule has 0 amide bonds. The average Bonchev–Trinajstić information content (AvgIpc) is 2.37. The van der Waals surface area contributed by atoms with Gasteiger partial charge in [-0.1, -0.05) is 0 Å². The van der Waals surface area contributed by atoms with E-state index in [1.54, 1.807) is 0 Å². The Balaban J connectivity index is 1.67. The molecule has 0 unspecified atom stereocenters. The quantitative estimate of drug-likeness (QED) is 0.817. The number of likely N-dealkylation sites (tertiary alicyclic amines) is 1. The highest BCUT2D eigenvalue weighted by Gasteiger charge is 2.34. The molecule has 2 fully saturated rings. The molecule has 20 heavy (non-hydrogen) atoms. The van der Waals surface area contributed by atoms with E-state index in [1.165, 1.54) is 4.90 Å². The second kappa shape index (κ2) is 6.60. The van der Waals surface area contributed by atoms with Crippen LogP contribution < -0.4 is 5.32 Å². The summed E-state index contributed by atoms with van der Waals surface area (Å²) in [6.45, 7) is 1.74. The number of ether oxygens (including phenoxy) is 1. The zero-order valence-electron chi connectivity index (χ0n) is 11.6. The highest BCUT2D eigenvalue weighted by molar-refractivity contribution is 4.86. The summed E-state index contributed by atoms with van der Waals surface area (Å²) in [4.78, 5) is 1.45. The van der Waals surface area contributed by atoms with Crippen LogP contribution in [0, 0.1) is 0 Å². The fraction of sp³-hybridized carbons (Fsp3) is 1.00. The molecule has 2 aliphatic rings. The van der Waals surface area contributed by atoms with Crippen molar-refractivity contribution in [3.63, 3.8) is 0 Å². The van der Waals surface area contributed by atoms with Crippen LogP contribution in [0.4, 0.5) is 13.2 Å². The van der Waals surface area contributed by atoms with E-state index in [2.05, 4.69) is 5.32 Å². The molecule has 0 aliphatic carbocycles. The Labute approximate surface area is 117 Å². The van der Waals surface area contributed by atoms with Crippen LogP contribution in [0.3, 0.4) is 0 Å². The first-order chi connectivity index (χ1) is 9.36. The van der Waals surface area contributed by atoms with Crippen molar-refractivity contribution >= 4 is 0 Å². The first kappa shape index (κ1) is 16.0. The van der Waals surface area contributed by atoms with Gasteiger partial charge < -0.3 is 15.2 Å². The fourth-order valence-corrected chi connectivity index (χ4v) is 2.81. The van der Waals surface area contributed by atoms with Crippen molar-refractivity contribution in [3.05, 3.63) is 0 Å². The third kappa shape index (κ3) is 5.20. The molecule has 2 aliphatic heterocycles. The maximum Gasteiger partial charge on any atom is 0.401 e. The van der Waals surface area contributed by atoms with Crippen LogP contribution in [0.15, 0.2) is 0 Å². The van der Waals surface area contributed by atoms with Crippen molar-refractivity contribution in [1.82, 2.24) is 10.2 Å². The zero-order valence-corrected chi connectivity index (χ0v) is 11.6. The maximum atomic E-state index is 12.3. The molecule has 0 bridgehead atoms. The first-order valence-electron chi connectivity index (χ1n) is 7.19. The molecule has 7 heteroatoms. The summed E-state index contributed by atoms with van der Waals surface area (Å²) < 4.78 is 42.0. The van der Waals surface area contributed by atoms with Gasteiger partial charge in [-0.2, -0.15) is 13.2 Å². The Morgan fingerprint density at radius 2 is 1.80 bits per heavy atom. The van der Waals surface area contributed by atoms with Gasteiger partial charge in [0.15, 0.2) is 0 Å². The molecule has 118 valence electrons. The lowest BCUT2D eigenvalue weighted by Gasteiger charge is -2.37. The Bertz CT molecular complexity index is 298. The summed E-state index contributed by atoms with van der Waals surface area (Å²) in [7, 11) is 0. The number of hydrogen-bond donors (Lipinski definition) is 2. The van der Waals surface area contributed by atoms with E-state index in [-0.39, 0.29) is 6.04 Å². The van der Waals surface area contributed by atoms with Crippen LogP contribution in [0.2, 0.25) is 0 Å². The Morgan fingerprint density at radius 1 is 1.20 bits per heavy atom. The number of halogens is 3. The molecule has 2 heterocycles. The SMILES string of the molecule is OC1(CNC2CCN(CC(F)(F)F)CC2)CCOCC1. The van der Waals surface area contributed by atoms with E-state index in [9.17, 15) is 18.3 Å². The molecular weight excluding hydrogens is 273 g/mol. The van der Waals surface area contributed by atoms with Gasteiger partial charge in [0.1, 0.15) is 0 Å². The Morgan fingerprint density at radius 3 is 2.35 bits per heavy atom. The molecule has 2 rings (SSSR count). The minimum atomic E-state index is -4.11. The third-order valence-corrected chi connectivity index (χ3v) is 4.13. The molecule has 0 aromatic rings. The van der Waals surface area contributed by atoms with E-state index in [4.69, 9.17) is 4.74 Å². The first-order valence-corrected chi connectivity index (χ1v) is 7.19. The highest BCUT2D eigenvalue weighted by atomic mass is 19.4. The third-order valence-electron chi connectivity index (χ3n) is 4.13. The molecule has 0 aromatic heterocycles. The minimum Gasteiger partial charge on any atom is -0.388 e. The predicted octanol–water partition coefficient (Wildman–Crippen LogP) is 1.14. The molecule has 2 N–H and O–H groups in total. The van der Waals surface area contributed by atoms with Gasteiger partial charge in [-0.3, -0.25) is 4.90 Å². The fourth-order valence-electron chi connectivity index (χ4n) is 2.81. The Hall–Kier alpha value is -0.370. The number of piperidine rings is 1. The van der Waals surface area contributed by atoms with Gasteiger partial charge in [0.05, 0.1) is 12.1 Å². The van der Waals surface area contributed by atoms with Gasteiger partial charge in [0, 0.05) is 38.6 Å². The van der Waals surface area contributed by atoms with E-state index < -0.39 is 18.3 Å². The zero-order chi connectivity index (χ0) is 14.6. The summed E-state index contributed by atoms with van der Waals surface area (Å²) in [6, 6.07) is 0.200. The van der Waals surface area contributed by atoms with E-state index in [0.717, 1.165) is 0 Å². The largest absolute Gasteiger partial charge is 0.401 e. The summed E-state index contributed by atoms with van der Waals surface area (Å²) in [6.07, 6.45) is -1.48. The standard InChI is InChI=1S/C13H23F3N2O2/c14-13(15,16)10-18-5-1-11(2-6-18)17-9-12(19)3-7-20-8-4-12/h11,17,19H,1-10H2. The molecule has 0 saturated carbocycles. The van der Waals surface area contributed by atoms with Gasteiger partial charge in [0.2, 0.25) is 0 Å². The number of aliphatic hydroxyl groups is 1. The van der Waals surface area contributed by atoms with E-state index in [0.29, 0.717) is 58.5 Å². The maximum absolute atomic E-state index is 12.3. The van der Waals surface area contributed by atoms with Gasteiger partial charge in [-0.25, -0.2) is 0 Å². The highest BCUT2D eigenvalue weighted by Crippen LogP contribution is 2.22. The number of rotatable bonds is 4.